The van der Waals surface area contributed by atoms with Gasteiger partial charge >= 0.3 is 0 Å². The smallest absolute Gasteiger partial charge is 0.254 e. The second kappa shape index (κ2) is 4.44. The van der Waals surface area contributed by atoms with Crippen LogP contribution in [0.1, 0.15) is 37.6 Å². The predicted molar refractivity (Wildman–Crippen MR) is 70.4 cm³/mol. The minimum Gasteiger partial charge on any atom is -0.340 e. The molecule has 4 nitrogen and oxygen atoms in total. The molecule has 2 amide bonds. The molecule has 4 heteroatoms. The lowest BCUT2D eigenvalue weighted by atomic mass is 9.88. The summed E-state index contributed by atoms with van der Waals surface area (Å²) in [5.41, 5.74) is 1.07. The fourth-order valence-electron chi connectivity index (χ4n) is 2.07. The maximum atomic E-state index is 12.1. The Morgan fingerprint density at radius 2 is 1.83 bits per heavy atom. The van der Waals surface area contributed by atoms with Gasteiger partial charge in [0.2, 0.25) is 5.91 Å². The van der Waals surface area contributed by atoms with E-state index in [4.69, 9.17) is 0 Å². The van der Waals surface area contributed by atoms with E-state index in [2.05, 4.69) is 10.6 Å². The highest BCUT2D eigenvalue weighted by Gasteiger charge is 2.30. The average molecular weight is 246 g/mol. The van der Waals surface area contributed by atoms with Crippen molar-refractivity contribution in [2.24, 2.45) is 5.41 Å². The van der Waals surface area contributed by atoms with E-state index in [1.54, 1.807) is 24.3 Å². The van der Waals surface area contributed by atoms with Gasteiger partial charge < -0.3 is 10.6 Å². The van der Waals surface area contributed by atoms with E-state index in [9.17, 15) is 9.59 Å². The number of hydrogen-bond acceptors (Lipinski definition) is 2. The minimum atomic E-state index is -0.482. The average Bonchev–Trinajstić information content (AvgIpc) is 2.36. The highest BCUT2D eigenvalue weighted by molar-refractivity contribution is 6.09. The molecule has 1 unspecified atom stereocenters. The first kappa shape index (κ1) is 12.6. The molecule has 0 fully saturated rings. The largest absolute Gasteiger partial charge is 0.340 e. The van der Waals surface area contributed by atoms with E-state index in [1.807, 2.05) is 20.8 Å². The molecule has 0 aliphatic carbocycles. The highest BCUT2D eigenvalue weighted by Crippen LogP contribution is 2.24. The Kier molecular flexibility index (Phi) is 3.11. The van der Waals surface area contributed by atoms with Crippen LogP contribution in [-0.4, -0.2) is 17.9 Å². The molecule has 1 aliphatic rings. The van der Waals surface area contributed by atoms with Crippen LogP contribution in [0.2, 0.25) is 0 Å². The van der Waals surface area contributed by atoms with E-state index >= 15 is 0 Å². The summed E-state index contributed by atoms with van der Waals surface area (Å²) in [4.78, 5) is 24.1. The Morgan fingerprint density at radius 1 is 1.17 bits per heavy atom. The first-order chi connectivity index (χ1) is 8.37. The summed E-state index contributed by atoms with van der Waals surface area (Å²) in [6.45, 7) is 6.14. The van der Waals surface area contributed by atoms with Crippen molar-refractivity contribution in [1.29, 1.82) is 0 Å². The third kappa shape index (κ3) is 2.70. The number of benzene rings is 1. The molecule has 0 spiro atoms. The summed E-state index contributed by atoms with van der Waals surface area (Å²) in [6.07, 6.45) is 0.610. The van der Waals surface area contributed by atoms with Gasteiger partial charge in [-0.1, -0.05) is 32.9 Å². The van der Waals surface area contributed by atoms with Crippen molar-refractivity contribution in [3.05, 3.63) is 29.8 Å². The van der Waals surface area contributed by atoms with Crippen LogP contribution in [0.25, 0.3) is 0 Å². The molecule has 96 valence electrons. The van der Waals surface area contributed by atoms with E-state index < -0.39 is 6.04 Å². The lowest BCUT2D eigenvalue weighted by molar-refractivity contribution is -0.118. The molecule has 1 aromatic rings. The minimum absolute atomic E-state index is 0.0220. The Bertz CT molecular complexity index is 489. The van der Waals surface area contributed by atoms with E-state index in [0.717, 1.165) is 0 Å². The van der Waals surface area contributed by atoms with Gasteiger partial charge in [0.15, 0.2) is 0 Å². The van der Waals surface area contributed by atoms with Gasteiger partial charge in [0.1, 0.15) is 6.04 Å². The summed E-state index contributed by atoms with van der Waals surface area (Å²) in [5.74, 6) is -0.346. The second-order valence-corrected chi connectivity index (χ2v) is 5.83. The van der Waals surface area contributed by atoms with Crippen molar-refractivity contribution in [2.45, 2.75) is 33.2 Å². The zero-order chi connectivity index (χ0) is 13.3. The molecular formula is C14H18N2O2. The van der Waals surface area contributed by atoms with Gasteiger partial charge in [-0.05, 0) is 24.0 Å². The first-order valence-corrected chi connectivity index (χ1v) is 6.07. The lowest BCUT2D eigenvalue weighted by Crippen LogP contribution is -2.43. The van der Waals surface area contributed by atoms with Crippen molar-refractivity contribution in [2.75, 3.05) is 5.32 Å². The number of para-hydroxylation sites is 1. The van der Waals surface area contributed by atoms with Gasteiger partial charge in [-0.2, -0.15) is 0 Å². The van der Waals surface area contributed by atoms with Crippen LogP contribution < -0.4 is 10.6 Å². The van der Waals surface area contributed by atoms with Crippen molar-refractivity contribution < 1.29 is 9.59 Å². The summed E-state index contributed by atoms with van der Waals surface area (Å²) in [7, 11) is 0. The number of nitrogens with one attached hydrogen (secondary N) is 2. The zero-order valence-electron chi connectivity index (χ0n) is 10.9. The molecule has 1 aromatic carbocycles. The van der Waals surface area contributed by atoms with Gasteiger partial charge in [0.25, 0.3) is 5.91 Å². The van der Waals surface area contributed by atoms with Gasteiger partial charge in [-0.15, -0.1) is 0 Å². The molecule has 1 atom stereocenters. The zero-order valence-corrected chi connectivity index (χ0v) is 10.9. The summed E-state index contributed by atoms with van der Waals surface area (Å²) >= 11 is 0. The number of carbonyl (C=O) groups is 2. The summed E-state index contributed by atoms with van der Waals surface area (Å²) in [5, 5.41) is 5.59. The number of amides is 2. The van der Waals surface area contributed by atoms with Crippen LogP contribution in [0.4, 0.5) is 5.69 Å². The van der Waals surface area contributed by atoms with Crippen molar-refractivity contribution in [3.8, 4) is 0 Å². The topological polar surface area (TPSA) is 58.2 Å². The number of rotatable bonds is 1. The molecule has 0 radical (unpaired) electrons. The Labute approximate surface area is 107 Å². The second-order valence-electron chi connectivity index (χ2n) is 5.83. The maximum Gasteiger partial charge on any atom is 0.254 e. The van der Waals surface area contributed by atoms with Crippen LogP contribution in [0.15, 0.2) is 24.3 Å². The highest BCUT2D eigenvalue weighted by atomic mass is 16.2. The van der Waals surface area contributed by atoms with Gasteiger partial charge in [-0.25, -0.2) is 0 Å². The standard InChI is InChI=1S/C14H18N2O2/c1-14(2,3)8-11-13(18)15-10-7-5-4-6-9(10)12(17)16-11/h4-7,11H,8H2,1-3H3,(H,15,18)(H,16,17). The van der Waals surface area contributed by atoms with Crippen LogP contribution in [0.3, 0.4) is 0 Å². The van der Waals surface area contributed by atoms with Crippen molar-refractivity contribution >= 4 is 17.5 Å². The van der Waals surface area contributed by atoms with Gasteiger partial charge in [0.05, 0.1) is 11.3 Å². The van der Waals surface area contributed by atoms with Crippen LogP contribution in [0, 0.1) is 5.41 Å². The molecule has 1 aliphatic heterocycles. The summed E-state index contributed by atoms with van der Waals surface area (Å²) < 4.78 is 0. The maximum absolute atomic E-state index is 12.1. The summed E-state index contributed by atoms with van der Waals surface area (Å²) in [6, 6.07) is 6.56. The van der Waals surface area contributed by atoms with E-state index in [1.165, 1.54) is 0 Å². The monoisotopic (exact) mass is 246 g/mol. The Morgan fingerprint density at radius 3 is 2.50 bits per heavy atom. The molecule has 18 heavy (non-hydrogen) atoms. The molecule has 0 bridgehead atoms. The molecule has 2 N–H and O–H groups in total. The molecule has 1 heterocycles. The third-order valence-corrected chi connectivity index (χ3v) is 2.87. The van der Waals surface area contributed by atoms with Crippen molar-refractivity contribution in [3.63, 3.8) is 0 Å². The number of hydrogen-bond donors (Lipinski definition) is 2. The fraction of sp³-hybridized carbons (Fsp3) is 0.429. The molecular weight excluding hydrogens is 228 g/mol. The van der Waals surface area contributed by atoms with E-state index in [-0.39, 0.29) is 17.2 Å². The van der Waals surface area contributed by atoms with Gasteiger partial charge in [-0.3, -0.25) is 9.59 Å². The first-order valence-electron chi connectivity index (χ1n) is 6.07. The normalized spacial score (nSPS) is 19.6. The van der Waals surface area contributed by atoms with Gasteiger partial charge in [0, 0.05) is 0 Å². The molecule has 0 saturated carbocycles. The number of fused-ring (bicyclic) bond motifs is 1. The Hall–Kier alpha value is -1.84. The van der Waals surface area contributed by atoms with Crippen LogP contribution in [-0.2, 0) is 4.79 Å². The van der Waals surface area contributed by atoms with Crippen LogP contribution >= 0.6 is 0 Å². The third-order valence-electron chi connectivity index (χ3n) is 2.87. The predicted octanol–water partition coefficient (Wildman–Crippen LogP) is 2.17. The SMILES string of the molecule is CC(C)(C)CC1NC(=O)c2ccccc2NC1=O. The quantitative estimate of drug-likeness (QED) is 0.798. The van der Waals surface area contributed by atoms with Crippen molar-refractivity contribution in [1.82, 2.24) is 5.32 Å². The van der Waals surface area contributed by atoms with E-state index in [0.29, 0.717) is 17.7 Å². The number of anilines is 1. The van der Waals surface area contributed by atoms with Crippen LogP contribution in [0.5, 0.6) is 0 Å². The number of carbonyl (C=O) groups excluding carboxylic acids is 2. The molecule has 0 aromatic heterocycles. The lowest BCUT2D eigenvalue weighted by Gasteiger charge is -2.24. The fourth-order valence-corrected chi connectivity index (χ4v) is 2.07. The molecule has 0 saturated heterocycles. The molecule has 2 rings (SSSR count). The Balaban J connectivity index is 2.28.